The van der Waals surface area contributed by atoms with E-state index in [1.54, 1.807) is 30.8 Å². The summed E-state index contributed by atoms with van der Waals surface area (Å²) in [6.07, 6.45) is 2.89. The zero-order chi connectivity index (χ0) is 20.1. The van der Waals surface area contributed by atoms with Gasteiger partial charge < -0.3 is 14.9 Å². The number of amides is 1. The van der Waals surface area contributed by atoms with Crippen LogP contribution in [0.3, 0.4) is 0 Å². The fourth-order valence-corrected chi connectivity index (χ4v) is 2.94. The number of phenolic OH excluding ortho intramolecular Hbond substituents is 2. The van der Waals surface area contributed by atoms with Crippen molar-refractivity contribution in [3.63, 3.8) is 0 Å². The van der Waals surface area contributed by atoms with Crippen LogP contribution in [0.4, 0.5) is 5.13 Å². The molecule has 3 aromatic rings. The third-order valence-electron chi connectivity index (χ3n) is 3.63. The number of methoxy groups -OCH3 is 1. The molecular weight excluding hydrogens is 380 g/mol. The molecule has 0 atom stereocenters. The molecule has 140 valence electrons. The number of thiazole rings is 1. The number of benzene rings is 1. The molecule has 9 heteroatoms. The molecule has 2 aromatic heterocycles. The molecule has 0 fully saturated rings. The molecule has 0 aliphatic heterocycles. The second-order valence-electron chi connectivity index (χ2n) is 5.49. The van der Waals surface area contributed by atoms with Crippen molar-refractivity contribution in [2.75, 3.05) is 12.4 Å². The third-order valence-corrected chi connectivity index (χ3v) is 4.39. The maximum Gasteiger partial charge on any atom is 0.268 e. The lowest BCUT2D eigenvalue weighted by Gasteiger charge is -2.02. The van der Waals surface area contributed by atoms with E-state index in [2.05, 4.69) is 15.3 Å². The van der Waals surface area contributed by atoms with E-state index in [4.69, 9.17) is 4.74 Å². The van der Waals surface area contributed by atoms with Crippen LogP contribution in [0.1, 0.15) is 5.56 Å². The van der Waals surface area contributed by atoms with Gasteiger partial charge in [0.1, 0.15) is 23.1 Å². The van der Waals surface area contributed by atoms with Gasteiger partial charge in [-0.25, -0.2) is 4.98 Å². The number of hydrogen-bond acceptors (Lipinski definition) is 8. The van der Waals surface area contributed by atoms with Gasteiger partial charge in [0, 0.05) is 17.6 Å². The zero-order valence-electron chi connectivity index (χ0n) is 14.6. The predicted octanol–water partition coefficient (Wildman–Crippen LogP) is 3.17. The van der Waals surface area contributed by atoms with Crippen LogP contribution in [0.25, 0.3) is 17.5 Å². The first-order valence-corrected chi connectivity index (χ1v) is 8.79. The second kappa shape index (κ2) is 8.20. The van der Waals surface area contributed by atoms with Crippen molar-refractivity contribution in [2.45, 2.75) is 0 Å². The van der Waals surface area contributed by atoms with E-state index in [-0.39, 0.29) is 17.1 Å². The highest BCUT2D eigenvalue weighted by Gasteiger charge is 2.14. The number of hydrogen-bond donors (Lipinski definition) is 3. The number of pyridine rings is 1. The normalized spacial score (nSPS) is 10.9. The summed E-state index contributed by atoms with van der Waals surface area (Å²) < 4.78 is 5.15. The number of nitrogens with one attached hydrogen (secondary N) is 1. The SMILES string of the molecule is COc1ccnc(-c2csc(NC(=O)/C(C#N)=C/c3ccc(O)c(O)c3)n2)c1. The molecule has 8 nitrogen and oxygen atoms in total. The van der Waals surface area contributed by atoms with Gasteiger partial charge in [0.15, 0.2) is 16.6 Å². The maximum atomic E-state index is 12.4. The van der Waals surface area contributed by atoms with E-state index >= 15 is 0 Å². The highest BCUT2D eigenvalue weighted by Crippen LogP contribution is 2.27. The van der Waals surface area contributed by atoms with Crippen LogP contribution < -0.4 is 10.1 Å². The molecule has 1 amide bonds. The smallest absolute Gasteiger partial charge is 0.268 e. The Kier molecular flexibility index (Phi) is 5.53. The molecular formula is C19H14N4O4S. The quantitative estimate of drug-likeness (QED) is 0.344. The summed E-state index contributed by atoms with van der Waals surface area (Å²) in [5.41, 5.74) is 1.36. The summed E-state index contributed by atoms with van der Waals surface area (Å²) in [7, 11) is 1.55. The molecule has 3 N–H and O–H groups in total. The van der Waals surface area contributed by atoms with Crippen LogP contribution in [0.15, 0.2) is 47.5 Å². The van der Waals surface area contributed by atoms with E-state index in [1.165, 1.54) is 35.6 Å². The van der Waals surface area contributed by atoms with E-state index in [0.29, 0.717) is 27.8 Å². The van der Waals surface area contributed by atoms with Crippen molar-refractivity contribution in [2.24, 2.45) is 0 Å². The Morgan fingerprint density at radius 2 is 2.07 bits per heavy atom. The monoisotopic (exact) mass is 394 g/mol. The van der Waals surface area contributed by atoms with Gasteiger partial charge in [-0.1, -0.05) is 6.07 Å². The van der Waals surface area contributed by atoms with Gasteiger partial charge in [-0.15, -0.1) is 11.3 Å². The van der Waals surface area contributed by atoms with Gasteiger partial charge in [0.2, 0.25) is 0 Å². The Labute approximate surface area is 164 Å². The van der Waals surface area contributed by atoms with Gasteiger partial charge in [0.05, 0.1) is 12.8 Å². The number of nitriles is 1. The molecule has 0 aliphatic carbocycles. The fourth-order valence-electron chi connectivity index (χ4n) is 2.24. The summed E-state index contributed by atoms with van der Waals surface area (Å²) in [6, 6.07) is 9.22. The first-order chi connectivity index (χ1) is 13.5. The van der Waals surface area contributed by atoms with Crippen LogP contribution >= 0.6 is 11.3 Å². The van der Waals surface area contributed by atoms with Gasteiger partial charge in [-0.05, 0) is 29.8 Å². The predicted molar refractivity (Wildman–Crippen MR) is 104 cm³/mol. The van der Waals surface area contributed by atoms with Crippen LogP contribution in [0, 0.1) is 11.3 Å². The first-order valence-electron chi connectivity index (χ1n) is 7.91. The highest BCUT2D eigenvalue weighted by molar-refractivity contribution is 7.14. The largest absolute Gasteiger partial charge is 0.504 e. The molecule has 0 radical (unpaired) electrons. The standard InChI is InChI=1S/C19H14N4O4S/c1-27-13-4-5-21-14(8-13)15-10-28-19(22-15)23-18(26)12(9-20)6-11-2-3-16(24)17(25)7-11/h2-8,10,24-25H,1H3,(H,22,23,26)/b12-6+. The van der Waals surface area contributed by atoms with Gasteiger partial charge >= 0.3 is 0 Å². The number of aromatic nitrogens is 2. The number of phenols is 2. The molecule has 0 aliphatic rings. The molecule has 0 spiro atoms. The zero-order valence-corrected chi connectivity index (χ0v) is 15.4. The number of ether oxygens (including phenoxy) is 1. The third kappa shape index (κ3) is 4.25. The highest BCUT2D eigenvalue weighted by atomic mass is 32.1. The molecule has 0 bridgehead atoms. The molecule has 3 rings (SSSR count). The Balaban J connectivity index is 1.78. The van der Waals surface area contributed by atoms with Crippen molar-refractivity contribution >= 4 is 28.5 Å². The summed E-state index contributed by atoms with van der Waals surface area (Å²) in [4.78, 5) is 20.9. The Morgan fingerprint density at radius 1 is 1.25 bits per heavy atom. The molecule has 0 saturated carbocycles. The van der Waals surface area contributed by atoms with Crippen LogP contribution in [-0.4, -0.2) is 33.2 Å². The van der Waals surface area contributed by atoms with Crippen LogP contribution in [0.5, 0.6) is 17.2 Å². The second-order valence-corrected chi connectivity index (χ2v) is 6.35. The minimum atomic E-state index is -0.644. The van der Waals surface area contributed by atoms with Crippen LogP contribution in [-0.2, 0) is 4.79 Å². The lowest BCUT2D eigenvalue weighted by Crippen LogP contribution is -2.13. The number of anilines is 1. The van der Waals surface area contributed by atoms with Gasteiger partial charge in [0.25, 0.3) is 5.91 Å². The number of aromatic hydroxyl groups is 2. The van der Waals surface area contributed by atoms with Crippen molar-refractivity contribution < 1.29 is 19.7 Å². The lowest BCUT2D eigenvalue weighted by atomic mass is 10.1. The van der Waals surface area contributed by atoms with E-state index in [1.807, 2.05) is 6.07 Å². The minimum absolute atomic E-state index is 0.179. The van der Waals surface area contributed by atoms with Crippen molar-refractivity contribution in [1.29, 1.82) is 5.26 Å². The summed E-state index contributed by atoms with van der Waals surface area (Å²) >= 11 is 1.19. The average molecular weight is 394 g/mol. The number of nitrogens with zero attached hydrogens (tertiary/aromatic N) is 3. The van der Waals surface area contributed by atoms with Crippen molar-refractivity contribution in [3.8, 4) is 34.7 Å². The molecule has 1 aromatic carbocycles. The number of rotatable bonds is 5. The Morgan fingerprint density at radius 3 is 2.79 bits per heavy atom. The lowest BCUT2D eigenvalue weighted by molar-refractivity contribution is -0.112. The minimum Gasteiger partial charge on any atom is -0.504 e. The fraction of sp³-hybridized carbons (Fsp3) is 0.0526. The summed E-state index contributed by atoms with van der Waals surface area (Å²) in [6.45, 7) is 0. The van der Waals surface area contributed by atoms with E-state index < -0.39 is 5.91 Å². The molecule has 0 unspecified atom stereocenters. The van der Waals surface area contributed by atoms with Gasteiger partial charge in [-0.3, -0.25) is 15.1 Å². The molecule has 2 heterocycles. The van der Waals surface area contributed by atoms with Crippen molar-refractivity contribution in [1.82, 2.24) is 9.97 Å². The topological polar surface area (TPSA) is 128 Å². The summed E-state index contributed by atoms with van der Waals surface area (Å²) in [5.74, 6) is -0.645. The Bertz CT molecular complexity index is 1100. The number of carbonyl (C=O) groups is 1. The van der Waals surface area contributed by atoms with E-state index in [0.717, 1.165) is 0 Å². The molecule has 0 saturated heterocycles. The average Bonchev–Trinajstić information content (AvgIpc) is 3.17. The maximum absolute atomic E-state index is 12.4. The Hall–Kier alpha value is -3.90. The van der Waals surface area contributed by atoms with Crippen LogP contribution in [0.2, 0.25) is 0 Å². The molecule has 28 heavy (non-hydrogen) atoms. The van der Waals surface area contributed by atoms with Crippen molar-refractivity contribution in [3.05, 3.63) is 53.0 Å². The number of carbonyl (C=O) groups excluding carboxylic acids is 1. The first kappa shape index (κ1) is 18.9. The summed E-state index contributed by atoms with van der Waals surface area (Å²) in [5, 5.41) is 32.7. The van der Waals surface area contributed by atoms with E-state index in [9.17, 15) is 20.3 Å². The van der Waals surface area contributed by atoms with Gasteiger partial charge in [-0.2, -0.15) is 5.26 Å².